The predicted octanol–water partition coefficient (Wildman–Crippen LogP) is 1.68. The summed E-state index contributed by atoms with van der Waals surface area (Å²) in [7, 11) is 0. The Kier molecular flexibility index (Phi) is 2.89. The van der Waals surface area contributed by atoms with Crippen LogP contribution in [0.25, 0.3) is 0 Å². The van der Waals surface area contributed by atoms with Gasteiger partial charge in [-0.05, 0) is 56.3 Å². The summed E-state index contributed by atoms with van der Waals surface area (Å²) in [5, 5.41) is 6.64. The van der Waals surface area contributed by atoms with Gasteiger partial charge < -0.3 is 10.6 Å². The molecule has 3 heteroatoms. The zero-order valence-corrected chi connectivity index (χ0v) is 10.8. The second kappa shape index (κ2) is 4.27. The summed E-state index contributed by atoms with van der Waals surface area (Å²) < 4.78 is 0. The van der Waals surface area contributed by atoms with Crippen LogP contribution in [0.3, 0.4) is 0 Å². The molecule has 0 heterocycles. The normalized spacial score (nSPS) is 42.8. The van der Waals surface area contributed by atoms with Gasteiger partial charge in [-0.2, -0.15) is 0 Å². The number of carbonyl (C=O) groups excluding carboxylic acids is 1. The van der Waals surface area contributed by atoms with E-state index >= 15 is 0 Å². The second-order valence-corrected chi connectivity index (χ2v) is 6.61. The maximum atomic E-state index is 10.8. The molecule has 4 rings (SSSR count). The van der Waals surface area contributed by atoms with E-state index in [2.05, 4.69) is 10.6 Å². The Morgan fingerprint density at radius 3 is 2.06 bits per heavy atom. The summed E-state index contributed by atoms with van der Waals surface area (Å²) in [5.74, 6) is 3.07. The maximum Gasteiger partial charge on any atom is 0.216 e. The first kappa shape index (κ1) is 11.5. The third kappa shape index (κ3) is 2.35. The molecule has 4 aliphatic carbocycles. The van der Waals surface area contributed by atoms with Crippen molar-refractivity contribution in [3.8, 4) is 0 Å². The molecule has 0 aromatic carbocycles. The fraction of sp³-hybridized carbons (Fsp3) is 0.929. The summed E-state index contributed by atoms with van der Waals surface area (Å²) in [5.41, 5.74) is 0.438. The molecule has 1 amide bonds. The smallest absolute Gasteiger partial charge is 0.216 e. The van der Waals surface area contributed by atoms with E-state index in [9.17, 15) is 4.79 Å². The SMILES string of the molecule is CC(=O)NCCNC12CC3CC(CC(C3)C1)C2. The van der Waals surface area contributed by atoms with Crippen LogP contribution in [0.2, 0.25) is 0 Å². The van der Waals surface area contributed by atoms with Crippen molar-refractivity contribution in [2.45, 2.75) is 51.0 Å². The number of hydrogen-bond donors (Lipinski definition) is 2. The van der Waals surface area contributed by atoms with Crippen LogP contribution in [0.15, 0.2) is 0 Å². The van der Waals surface area contributed by atoms with Crippen LogP contribution >= 0.6 is 0 Å². The highest BCUT2D eigenvalue weighted by molar-refractivity contribution is 5.72. The third-order valence-corrected chi connectivity index (χ3v) is 5.04. The average Bonchev–Trinajstić information content (AvgIpc) is 2.22. The summed E-state index contributed by atoms with van der Waals surface area (Å²) >= 11 is 0. The van der Waals surface area contributed by atoms with E-state index in [-0.39, 0.29) is 5.91 Å². The zero-order chi connectivity index (χ0) is 11.9. The van der Waals surface area contributed by atoms with Crippen LogP contribution < -0.4 is 10.6 Å². The van der Waals surface area contributed by atoms with E-state index in [4.69, 9.17) is 0 Å². The molecule has 0 aromatic heterocycles. The van der Waals surface area contributed by atoms with Gasteiger partial charge in [0, 0.05) is 25.6 Å². The number of rotatable bonds is 4. The maximum absolute atomic E-state index is 10.8. The molecule has 0 radical (unpaired) electrons. The lowest BCUT2D eigenvalue weighted by Gasteiger charge is -2.57. The van der Waals surface area contributed by atoms with Crippen LogP contribution in [0.1, 0.15) is 45.4 Å². The lowest BCUT2D eigenvalue weighted by Crippen LogP contribution is -2.59. The molecule has 3 nitrogen and oxygen atoms in total. The predicted molar refractivity (Wildman–Crippen MR) is 67.6 cm³/mol. The highest BCUT2D eigenvalue weighted by Crippen LogP contribution is 2.55. The molecule has 0 spiro atoms. The summed E-state index contributed by atoms with van der Waals surface area (Å²) in [4.78, 5) is 10.8. The Hall–Kier alpha value is -0.570. The Bertz CT molecular complexity index is 278. The summed E-state index contributed by atoms with van der Waals surface area (Å²) in [6, 6.07) is 0. The number of hydrogen-bond acceptors (Lipinski definition) is 2. The van der Waals surface area contributed by atoms with E-state index in [0.29, 0.717) is 5.54 Å². The molecule has 4 saturated carbocycles. The quantitative estimate of drug-likeness (QED) is 0.729. The molecule has 4 aliphatic rings. The fourth-order valence-electron chi connectivity index (χ4n) is 4.89. The van der Waals surface area contributed by atoms with Crippen molar-refractivity contribution in [1.29, 1.82) is 0 Å². The van der Waals surface area contributed by atoms with Crippen LogP contribution in [0.4, 0.5) is 0 Å². The molecule has 0 saturated heterocycles. The lowest BCUT2D eigenvalue weighted by molar-refractivity contribution is -0.119. The van der Waals surface area contributed by atoms with Crippen LogP contribution in [-0.2, 0) is 4.79 Å². The zero-order valence-electron chi connectivity index (χ0n) is 10.8. The van der Waals surface area contributed by atoms with E-state index in [1.807, 2.05) is 0 Å². The van der Waals surface area contributed by atoms with Gasteiger partial charge in [0.15, 0.2) is 0 Å². The van der Waals surface area contributed by atoms with Crippen molar-refractivity contribution in [2.75, 3.05) is 13.1 Å². The number of amides is 1. The molecular formula is C14H24N2O. The van der Waals surface area contributed by atoms with Gasteiger partial charge in [-0.15, -0.1) is 0 Å². The molecule has 4 bridgehead atoms. The van der Waals surface area contributed by atoms with Crippen molar-refractivity contribution < 1.29 is 4.79 Å². The summed E-state index contributed by atoms with van der Waals surface area (Å²) in [6.07, 6.45) is 8.64. The van der Waals surface area contributed by atoms with E-state index in [1.54, 1.807) is 6.92 Å². The van der Waals surface area contributed by atoms with Crippen molar-refractivity contribution in [3.05, 3.63) is 0 Å². The Morgan fingerprint density at radius 1 is 1.06 bits per heavy atom. The standard InChI is InChI=1S/C14H24N2O/c1-10(17)15-2-3-16-14-7-11-4-12(8-14)6-13(5-11)9-14/h11-13,16H,2-9H2,1H3,(H,15,17). The van der Waals surface area contributed by atoms with Crippen molar-refractivity contribution in [3.63, 3.8) is 0 Å². The molecule has 0 aliphatic heterocycles. The van der Waals surface area contributed by atoms with Gasteiger partial charge in [0.1, 0.15) is 0 Å². The van der Waals surface area contributed by atoms with Crippen LogP contribution in [0.5, 0.6) is 0 Å². The molecule has 0 unspecified atom stereocenters. The first-order valence-electron chi connectivity index (χ1n) is 7.15. The largest absolute Gasteiger partial charge is 0.355 e. The number of carbonyl (C=O) groups is 1. The first-order chi connectivity index (χ1) is 8.15. The Labute approximate surface area is 104 Å². The Balaban J connectivity index is 1.53. The van der Waals surface area contributed by atoms with Gasteiger partial charge >= 0.3 is 0 Å². The van der Waals surface area contributed by atoms with Crippen LogP contribution in [0, 0.1) is 17.8 Å². The average molecular weight is 236 g/mol. The summed E-state index contributed by atoms with van der Waals surface area (Å²) in [6.45, 7) is 3.30. The van der Waals surface area contributed by atoms with E-state index in [0.717, 1.165) is 30.8 Å². The van der Waals surface area contributed by atoms with Crippen molar-refractivity contribution in [2.24, 2.45) is 17.8 Å². The van der Waals surface area contributed by atoms with Gasteiger partial charge in [0.2, 0.25) is 5.91 Å². The van der Waals surface area contributed by atoms with Gasteiger partial charge in [0.05, 0.1) is 0 Å². The lowest BCUT2D eigenvalue weighted by atomic mass is 9.53. The van der Waals surface area contributed by atoms with Gasteiger partial charge in [-0.25, -0.2) is 0 Å². The number of nitrogens with one attached hydrogen (secondary N) is 2. The first-order valence-corrected chi connectivity index (χ1v) is 7.15. The minimum atomic E-state index is 0.0808. The fourth-order valence-corrected chi connectivity index (χ4v) is 4.89. The van der Waals surface area contributed by atoms with Gasteiger partial charge in [-0.1, -0.05) is 0 Å². The highest BCUT2D eigenvalue weighted by Gasteiger charge is 2.50. The Morgan fingerprint density at radius 2 is 1.59 bits per heavy atom. The van der Waals surface area contributed by atoms with Crippen molar-refractivity contribution >= 4 is 5.91 Å². The highest BCUT2D eigenvalue weighted by atomic mass is 16.1. The minimum Gasteiger partial charge on any atom is -0.355 e. The van der Waals surface area contributed by atoms with Gasteiger partial charge in [-0.3, -0.25) is 4.79 Å². The molecule has 2 N–H and O–H groups in total. The molecule has 0 atom stereocenters. The topological polar surface area (TPSA) is 41.1 Å². The van der Waals surface area contributed by atoms with Crippen molar-refractivity contribution in [1.82, 2.24) is 10.6 Å². The second-order valence-electron chi connectivity index (χ2n) is 6.61. The van der Waals surface area contributed by atoms with Crippen LogP contribution in [-0.4, -0.2) is 24.5 Å². The minimum absolute atomic E-state index is 0.0808. The molecule has 96 valence electrons. The molecule has 17 heavy (non-hydrogen) atoms. The van der Waals surface area contributed by atoms with E-state index < -0.39 is 0 Å². The third-order valence-electron chi connectivity index (χ3n) is 5.04. The molecular weight excluding hydrogens is 212 g/mol. The monoisotopic (exact) mass is 236 g/mol. The van der Waals surface area contributed by atoms with E-state index in [1.165, 1.54) is 38.5 Å². The van der Waals surface area contributed by atoms with Gasteiger partial charge in [0.25, 0.3) is 0 Å². The molecule has 0 aromatic rings. The molecule has 4 fully saturated rings.